The minimum Gasteiger partial charge on any atom is -0.399 e. The molecule has 0 aliphatic heterocycles. The Balaban J connectivity index is 0.000000237. The van der Waals surface area contributed by atoms with E-state index in [1.165, 1.54) is 16.7 Å². The van der Waals surface area contributed by atoms with Gasteiger partial charge in [0.25, 0.3) is 0 Å². The molecule has 0 heterocycles. The van der Waals surface area contributed by atoms with Crippen LogP contribution in [0.15, 0.2) is 54.6 Å². The maximum Gasteiger partial charge on any atom is 0.0337 e. The van der Waals surface area contributed by atoms with E-state index in [0.29, 0.717) is 0 Å². The molecule has 0 saturated heterocycles. The van der Waals surface area contributed by atoms with E-state index in [0.717, 1.165) is 53.1 Å². The first-order valence-corrected chi connectivity index (χ1v) is 9.78. The second kappa shape index (κ2) is 9.70. The van der Waals surface area contributed by atoms with Crippen LogP contribution < -0.4 is 22.9 Å². The Kier molecular flexibility index (Phi) is 7.33. The summed E-state index contributed by atoms with van der Waals surface area (Å²) in [5.74, 6) is 0. The zero-order valence-corrected chi connectivity index (χ0v) is 17.1. The van der Waals surface area contributed by atoms with Crippen molar-refractivity contribution < 1.29 is 0 Å². The first kappa shape index (κ1) is 21.2. The third-order valence-corrected chi connectivity index (χ3v) is 4.63. The Labute approximate surface area is 168 Å². The smallest absolute Gasteiger partial charge is 0.0337 e. The number of hydrogen-bond acceptors (Lipinski definition) is 4. The number of hydrogen-bond donors (Lipinski definition) is 4. The van der Waals surface area contributed by atoms with E-state index < -0.39 is 0 Å². The molecule has 28 heavy (non-hydrogen) atoms. The third-order valence-electron chi connectivity index (χ3n) is 4.63. The molecule has 3 aromatic rings. The fourth-order valence-corrected chi connectivity index (χ4v) is 3.13. The fourth-order valence-electron chi connectivity index (χ4n) is 3.13. The summed E-state index contributed by atoms with van der Waals surface area (Å²) in [5, 5.41) is 0. The molecule has 0 aliphatic carbocycles. The summed E-state index contributed by atoms with van der Waals surface area (Å²) in [6.07, 6.45) is 2.96. The number of aryl methyl sites for hydroxylation is 3. The van der Waals surface area contributed by atoms with Gasteiger partial charge in [-0.3, -0.25) is 0 Å². The molecule has 8 N–H and O–H groups in total. The van der Waals surface area contributed by atoms with Crippen LogP contribution in [0.4, 0.5) is 22.7 Å². The average molecular weight is 377 g/mol. The van der Waals surface area contributed by atoms with E-state index in [1.54, 1.807) is 6.07 Å². The van der Waals surface area contributed by atoms with Crippen molar-refractivity contribution in [1.82, 2.24) is 0 Å². The summed E-state index contributed by atoms with van der Waals surface area (Å²) in [4.78, 5) is 0. The maximum absolute atomic E-state index is 5.95. The Morgan fingerprint density at radius 3 is 1.04 bits per heavy atom. The van der Waals surface area contributed by atoms with Gasteiger partial charge in [0.05, 0.1) is 0 Å². The molecule has 0 amide bonds. The summed E-state index contributed by atoms with van der Waals surface area (Å²) in [6, 6.07) is 18.1. The fraction of sp³-hybridized carbons (Fsp3) is 0.250. The molecule has 3 aromatic carbocycles. The number of nitrogen functional groups attached to an aromatic ring is 4. The van der Waals surface area contributed by atoms with Crippen LogP contribution in [0.1, 0.15) is 37.5 Å². The summed E-state index contributed by atoms with van der Waals surface area (Å²) < 4.78 is 0. The molecule has 0 saturated carbocycles. The Bertz CT molecular complexity index is 860. The van der Waals surface area contributed by atoms with E-state index in [1.807, 2.05) is 36.4 Å². The van der Waals surface area contributed by atoms with Crippen LogP contribution in [0.25, 0.3) is 11.1 Å². The molecule has 0 fully saturated rings. The predicted molar refractivity (Wildman–Crippen MR) is 124 cm³/mol. The van der Waals surface area contributed by atoms with Gasteiger partial charge in [-0.2, -0.15) is 0 Å². The summed E-state index contributed by atoms with van der Waals surface area (Å²) in [7, 11) is 0. The summed E-state index contributed by atoms with van der Waals surface area (Å²) in [6.45, 7) is 6.35. The Morgan fingerprint density at radius 2 is 0.714 bits per heavy atom. The number of nitrogens with two attached hydrogens (primary N) is 4. The largest absolute Gasteiger partial charge is 0.399 e. The van der Waals surface area contributed by atoms with Gasteiger partial charge in [-0.25, -0.2) is 0 Å². The van der Waals surface area contributed by atoms with Gasteiger partial charge in [0, 0.05) is 22.7 Å². The lowest BCUT2D eigenvalue weighted by Crippen LogP contribution is -1.93. The minimum atomic E-state index is 0.747. The molecule has 4 nitrogen and oxygen atoms in total. The van der Waals surface area contributed by atoms with Crippen molar-refractivity contribution in [1.29, 1.82) is 0 Å². The Morgan fingerprint density at radius 1 is 0.429 bits per heavy atom. The van der Waals surface area contributed by atoms with Gasteiger partial charge in [0.2, 0.25) is 0 Å². The lowest BCUT2D eigenvalue weighted by molar-refractivity contribution is 1.14. The first-order chi connectivity index (χ1) is 13.3. The highest BCUT2D eigenvalue weighted by Gasteiger charge is 2.04. The van der Waals surface area contributed by atoms with Crippen molar-refractivity contribution in [2.24, 2.45) is 0 Å². The van der Waals surface area contributed by atoms with Crippen LogP contribution in [0.2, 0.25) is 0 Å². The molecule has 0 spiro atoms. The third kappa shape index (κ3) is 5.95. The standard InChI is InChI=1S/C16H20N2.C8H12N2/c1-3-11-5-13(9-15(17)7-11)14-6-12(4-2)8-16(18)10-14;1-2-6-3-7(9)5-8(10)4-6/h5-10H,3-4,17-18H2,1-2H3;3-5H,2,9-10H2,1H3. The van der Waals surface area contributed by atoms with Crippen molar-refractivity contribution in [2.75, 3.05) is 22.9 Å². The SMILES string of the molecule is CCc1cc(N)cc(-c2cc(N)cc(CC)c2)c1.CCc1cc(N)cc(N)c1. The topological polar surface area (TPSA) is 104 Å². The minimum absolute atomic E-state index is 0.747. The van der Waals surface area contributed by atoms with Gasteiger partial charge in [-0.1, -0.05) is 32.9 Å². The molecular formula is C24H32N4. The van der Waals surface area contributed by atoms with Crippen molar-refractivity contribution in [3.05, 3.63) is 71.3 Å². The van der Waals surface area contributed by atoms with Crippen LogP contribution in [-0.4, -0.2) is 0 Å². The number of rotatable bonds is 4. The maximum atomic E-state index is 5.95. The molecule has 0 atom stereocenters. The average Bonchev–Trinajstić information content (AvgIpc) is 2.66. The molecule has 3 rings (SSSR count). The zero-order valence-electron chi connectivity index (χ0n) is 17.1. The van der Waals surface area contributed by atoms with Crippen LogP contribution in [0.3, 0.4) is 0 Å². The van der Waals surface area contributed by atoms with E-state index in [2.05, 4.69) is 32.9 Å². The van der Waals surface area contributed by atoms with Crippen molar-refractivity contribution in [3.8, 4) is 11.1 Å². The Hall–Kier alpha value is -3.14. The van der Waals surface area contributed by atoms with Gasteiger partial charge in [0.15, 0.2) is 0 Å². The van der Waals surface area contributed by atoms with Crippen molar-refractivity contribution >= 4 is 22.7 Å². The van der Waals surface area contributed by atoms with Gasteiger partial charge < -0.3 is 22.9 Å². The van der Waals surface area contributed by atoms with Gasteiger partial charge in [-0.05, 0) is 89.5 Å². The van der Waals surface area contributed by atoms with Gasteiger partial charge in [-0.15, -0.1) is 0 Å². The van der Waals surface area contributed by atoms with Crippen LogP contribution >= 0.6 is 0 Å². The second-order valence-electron chi connectivity index (χ2n) is 7.00. The molecule has 0 aromatic heterocycles. The molecule has 0 aliphatic rings. The lowest BCUT2D eigenvalue weighted by Gasteiger charge is -2.09. The molecular weight excluding hydrogens is 344 g/mol. The summed E-state index contributed by atoms with van der Waals surface area (Å²) in [5.41, 5.74) is 32.1. The van der Waals surface area contributed by atoms with E-state index in [9.17, 15) is 0 Å². The molecule has 4 heteroatoms. The van der Waals surface area contributed by atoms with Crippen molar-refractivity contribution in [2.45, 2.75) is 40.0 Å². The van der Waals surface area contributed by atoms with Gasteiger partial charge >= 0.3 is 0 Å². The molecule has 148 valence electrons. The number of anilines is 4. The predicted octanol–water partition coefficient (Wildman–Crippen LogP) is 5.06. The van der Waals surface area contributed by atoms with E-state index in [-0.39, 0.29) is 0 Å². The second-order valence-corrected chi connectivity index (χ2v) is 7.00. The van der Waals surface area contributed by atoms with Crippen LogP contribution in [0.5, 0.6) is 0 Å². The normalized spacial score (nSPS) is 10.2. The van der Waals surface area contributed by atoms with E-state index in [4.69, 9.17) is 22.9 Å². The molecule has 0 radical (unpaired) electrons. The number of benzene rings is 3. The van der Waals surface area contributed by atoms with Gasteiger partial charge in [0.1, 0.15) is 0 Å². The van der Waals surface area contributed by atoms with Crippen molar-refractivity contribution in [3.63, 3.8) is 0 Å². The highest BCUT2D eigenvalue weighted by Crippen LogP contribution is 2.27. The monoisotopic (exact) mass is 376 g/mol. The zero-order chi connectivity index (χ0) is 20.7. The van der Waals surface area contributed by atoms with Crippen LogP contribution in [-0.2, 0) is 19.3 Å². The first-order valence-electron chi connectivity index (χ1n) is 9.78. The lowest BCUT2D eigenvalue weighted by atomic mass is 9.98. The highest BCUT2D eigenvalue weighted by molar-refractivity contribution is 5.72. The highest BCUT2D eigenvalue weighted by atomic mass is 14.6. The molecule has 0 unspecified atom stereocenters. The molecule has 0 bridgehead atoms. The quantitative estimate of drug-likeness (QED) is 0.478. The summed E-state index contributed by atoms with van der Waals surface area (Å²) >= 11 is 0. The van der Waals surface area contributed by atoms with Crippen LogP contribution in [0, 0.1) is 0 Å². The van der Waals surface area contributed by atoms with E-state index >= 15 is 0 Å².